The molecule has 9 nitrogen and oxygen atoms in total. The average molecular weight is 454 g/mol. The molecule has 1 saturated heterocycles. The molecule has 3 atom stereocenters. The number of halogens is 3. The second kappa shape index (κ2) is 10.5. The molecule has 2 aromatic rings. The first kappa shape index (κ1) is 23.5. The third kappa shape index (κ3) is 5.98. The minimum Gasteiger partial charge on any atom is -0.475 e. The number of alkyl halides is 3. The molecule has 32 heavy (non-hydrogen) atoms. The highest BCUT2D eigenvalue weighted by Gasteiger charge is 2.45. The molecule has 4 rings (SSSR count). The van der Waals surface area contributed by atoms with Gasteiger partial charge in [0.1, 0.15) is 6.10 Å². The van der Waals surface area contributed by atoms with Crippen LogP contribution in [0.5, 0.6) is 0 Å². The molecule has 172 valence electrons. The maximum absolute atomic E-state index is 12.8. The average Bonchev–Trinajstić information content (AvgIpc) is 3.21. The Kier molecular flexibility index (Phi) is 7.70. The molecule has 2 aliphatic rings. The lowest BCUT2D eigenvalue weighted by Gasteiger charge is -2.39. The second-order valence-corrected chi connectivity index (χ2v) is 7.12. The fourth-order valence-electron chi connectivity index (χ4n) is 3.61. The van der Waals surface area contributed by atoms with Crippen molar-refractivity contribution in [2.75, 3.05) is 13.2 Å². The first-order valence-electron chi connectivity index (χ1n) is 9.77. The molecule has 1 aliphatic heterocycles. The van der Waals surface area contributed by atoms with Gasteiger partial charge in [-0.2, -0.15) is 23.4 Å². The third-order valence-electron chi connectivity index (χ3n) is 5.08. The van der Waals surface area contributed by atoms with Gasteiger partial charge in [0.05, 0.1) is 43.3 Å². The summed E-state index contributed by atoms with van der Waals surface area (Å²) in [6.07, 6.45) is 3.19. The third-order valence-corrected chi connectivity index (χ3v) is 5.08. The van der Waals surface area contributed by atoms with Crippen molar-refractivity contribution < 1.29 is 37.3 Å². The van der Waals surface area contributed by atoms with Crippen molar-refractivity contribution in [3.8, 4) is 0 Å². The number of nitrogens with zero attached hydrogens (tertiary/aromatic N) is 4. The zero-order valence-corrected chi connectivity index (χ0v) is 16.8. The fraction of sp³-hybridized carbons (Fsp3) is 0.450. The molecule has 2 fully saturated rings. The van der Waals surface area contributed by atoms with Crippen LogP contribution in [0, 0.1) is 0 Å². The highest BCUT2D eigenvalue weighted by Crippen LogP contribution is 2.33. The van der Waals surface area contributed by atoms with Gasteiger partial charge in [-0.25, -0.2) is 4.79 Å². The van der Waals surface area contributed by atoms with Crippen LogP contribution in [0.1, 0.15) is 28.8 Å². The summed E-state index contributed by atoms with van der Waals surface area (Å²) in [7, 11) is 0. The number of ether oxygens (including phenoxy) is 2. The van der Waals surface area contributed by atoms with Gasteiger partial charge in [0.25, 0.3) is 5.91 Å². The molecular formula is C20H21F3N4O5. The normalized spacial score (nSPS) is 22.5. The number of carbonyl (C=O) groups is 2. The molecule has 0 bridgehead atoms. The largest absolute Gasteiger partial charge is 0.490 e. The van der Waals surface area contributed by atoms with E-state index in [0.29, 0.717) is 25.3 Å². The van der Waals surface area contributed by atoms with Gasteiger partial charge in [0.15, 0.2) is 0 Å². The van der Waals surface area contributed by atoms with Crippen LogP contribution in [0.4, 0.5) is 13.2 Å². The summed E-state index contributed by atoms with van der Waals surface area (Å²) < 4.78 is 43.8. The lowest BCUT2D eigenvalue weighted by atomic mass is 10.1. The smallest absolute Gasteiger partial charge is 0.475 e. The van der Waals surface area contributed by atoms with Crippen molar-refractivity contribution in [1.29, 1.82) is 0 Å². The molecule has 0 radical (unpaired) electrons. The van der Waals surface area contributed by atoms with Crippen molar-refractivity contribution >= 4 is 11.9 Å². The summed E-state index contributed by atoms with van der Waals surface area (Å²) in [6, 6.07) is 5.64. The summed E-state index contributed by atoms with van der Waals surface area (Å²) in [5, 5.41) is 14.7. The Bertz CT molecular complexity index is 901. The summed E-state index contributed by atoms with van der Waals surface area (Å²) in [5.74, 6) is -2.77. The zero-order valence-electron chi connectivity index (χ0n) is 16.8. The topological polar surface area (TPSA) is 115 Å². The number of carbonyl (C=O) groups excluding carboxylic acids is 1. The number of morpholine rings is 1. The molecule has 1 amide bonds. The van der Waals surface area contributed by atoms with Gasteiger partial charge in [-0.1, -0.05) is 0 Å². The molecule has 0 spiro atoms. The highest BCUT2D eigenvalue weighted by molar-refractivity contribution is 5.94. The molecule has 1 saturated carbocycles. The Balaban J connectivity index is 0.000000360. The van der Waals surface area contributed by atoms with Crippen molar-refractivity contribution in [2.24, 2.45) is 0 Å². The predicted octanol–water partition coefficient (Wildman–Crippen LogP) is 2.09. The molecule has 12 heteroatoms. The standard InChI is InChI=1S/C18H20N4O3.C2HF3O2/c23-18(14-5-8-20-21-11-14)22-9-10-24-17-15(22)1-2-16(17)25-12-13-3-6-19-7-4-13;3-2(4,5)1(6)7/h3-8,11,15-17H,1-2,9-10,12H2;(H,6,7)/t15-,16-,17+;/m0./s1. The number of hydrogen-bond donors (Lipinski definition) is 1. The van der Waals surface area contributed by atoms with Crippen molar-refractivity contribution in [2.45, 2.75) is 43.9 Å². The number of fused-ring (bicyclic) bond motifs is 1. The number of aromatic nitrogens is 3. The van der Waals surface area contributed by atoms with E-state index in [1.54, 1.807) is 24.7 Å². The SMILES string of the molecule is O=C(O)C(F)(F)F.O=C(c1ccnnc1)N1CCO[C@H]2[C@@H](OCc3ccncc3)CC[C@@H]21. The monoisotopic (exact) mass is 454 g/mol. The Labute approximate surface area is 181 Å². The van der Waals surface area contributed by atoms with Gasteiger partial charge in [-0.3, -0.25) is 9.78 Å². The van der Waals surface area contributed by atoms with E-state index < -0.39 is 12.1 Å². The van der Waals surface area contributed by atoms with Crippen LogP contribution >= 0.6 is 0 Å². The lowest BCUT2D eigenvalue weighted by Crippen LogP contribution is -2.53. The van der Waals surface area contributed by atoms with Crippen LogP contribution in [0.25, 0.3) is 0 Å². The van der Waals surface area contributed by atoms with Crippen LogP contribution < -0.4 is 0 Å². The summed E-state index contributed by atoms with van der Waals surface area (Å²) >= 11 is 0. The van der Waals surface area contributed by atoms with E-state index in [1.165, 1.54) is 6.20 Å². The van der Waals surface area contributed by atoms with E-state index in [1.807, 2.05) is 17.0 Å². The molecule has 2 aromatic heterocycles. The van der Waals surface area contributed by atoms with E-state index >= 15 is 0 Å². The number of carboxylic acids is 1. The van der Waals surface area contributed by atoms with E-state index in [9.17, 15) is 18.0 Å². The molecule has 3 heterocycles. The van der Waals surface area contributed by atoms with Crippen molar-refractivity contribution in [3.63, 3.8) is 0 Å². The Morgan fingerprint density at radius 1 is 1.16 bits per heavy atom. The number of carboxylic acid groups (broad SMARTS) is 1. The van der Waals surface area contributed by atoms with Gasteiger partial charge in [-0.05, 0) is 36.6 Å². The van der Waals surface area contributed by atoms with Crippen molar-refractivity contribution in [1.82, 2.24) is 20.1 Å². The number of pyridine rings is 1. The molecule has 0 aromatic carbocycles. The summed E-state index contributed by atoms with van der Waals surface area (Å²) in [5.41, 5.74) is 1.65. The van der Waals surface area contributed by atoms with Gasteiger partial charge < -0.3 is 19.5 Å². The minimum atomic E-state index is -5.08. The highest BCUT2D eigenvalue weighted by atomic mass is 19.4. The Morgan fingerprint density at radius 2 is 1.88 bits per heavy atom. The summed E-state index contributed by atoms with van der Waals surface area (Å²) in [6.45, 7) is 1.65. The van der Waals surface area contributed by atoms with Gasteiger partial charge in [0.2, 0.25) is 0 Å². The molecule has 1 N–H and O–H groups in total. The van der Waals surface area contributed by atoms with Crippen LogP contribution in [-0.4, -0.2) is 74.6 Å². The number of amides is 1. The predicted molar refractivity (Wildman–Crippen MR) is 102 cm³/mol. The van der Waals surface area contributed by atoms with Gasteiger partial charge >= 0.3 is 12.1 Å². The first-order valence-corrected chi connectivity index (χ1v) is 9.77. The van der Waals surface area contributed by atoms with Crippen LogP contribution in [-0.2, 0) is 20.9 Å². The number of rotatable bonds is 4. The first-order chi connectivity index (χ1) is 15.3. The fourth-order valence-corrected chi connectivity index (χ4v) is 3.61. The van der Waals surface area contributed by atoms with Gasteiger partial charge in [0, 0.05) is 18.9 Å². The maximum Gasteiger partial charge on any atom is 0.490 e. The Hall–Kier alpha value is -3.12. The quantitative estimate of drug-likeness (QED) is 0.747. The number of hydrogen-bond acceptors (Lipinski definition) is 7. The number of aliphatic carboxylic acids is 1. The van der Waals surface area contributed by atoms with E-state index in [-0.39, 0.29) is 24.2 Å². The maximum atomic E-state index is 12.8. The van der Waals surface area contributed by atoms with Crippen LogP contribution in [0.15, 0.2) is 43.0 Å². The van der Waals surface area contributed by atoms with Crippen molar-refractivity contribution in [3.05, 3.63) is 54.1 Å². The van der Waals surface area contributed by atoms with Crippen LogP contribution in [0.2, 0.25) is 0 Å². The molecule has 0 unspecified atom stereocenters. The van der Waals surface area contributed by atoms with E-state index in [0.717, 1.165) is 18.4 Å². The molecular weight excluding hydrogens is 433 g/mol. The minimum absolute atomic E-state index is 0.00401. The van der Waals surface area contributed by atoms with E-state index in [4.69, 9.17) is 19.4 Å². The summed E-state index contributed by atoms with van der Waals surface area (Å²) in [4.78, 5) is 27.6. The van der Waals surface area contributed by atoms with Gasteiger partial charge in [-0.15, -0.1) is 0 Å². The molecule has 1 aliphatic carbocycles. The zero-order chi connectivity index (χ0) is 23.1. The lowest BCUT2D eigenvalue weighted by molar-refractivity contribution is -0.192. The second-order valence-electron chi connectivity index (χ2n) is 7.12. The van der Waals surface area contributed by atoms with Crippen LogP contribution in [0.3, 0.4) is 0 Å². The Morgan fingerprint density at radius 3 is 2.50 bits per heavy atom. The van der Waals surface area contributed by atoms with E-state index in [2.05, 4.69) is 15.2 Å².